The van der Waals surface area contributed by atoms with Crippen LogP contribution in [0.1, 0.15) is 71.1 Å². The second kappa shape index (κ2) is 11.4. The highest BCUT2D eigenvalue weighted by atomic mass is 35.5. The fourth-order valence-corrected chi connectivity index (χ4v) is 5.12. The number of hydrogen-bond donors (Lipinski definition) is 2. The molecule has 2 N–H and O–H groups in total. The van der Waals surface area contributed by atoms with E-state index >= 15 is 0 Å². The maximum Gasteiger partial charge on any atom is 0.305 e. The zero-order chi connectivity index (χ0) is 20.6. The highest BCUT2D eigenvalue weighted by molar-refractivity contribution is 6.21. The molecule has 4 nitrogen and oxygen atoms in total. The van der Waals surface area contributed by atoms with Gasteiger partial charge in [0.15, 0.2) is 0 Å². The summed E-state index contributed by atoms with van der Waals surface area (Å²) in [5.74, 6) is 0.0615. The first-order chi connectivity index (χ1) is 13.4. The number of carbonyl (C=O) groups excluding carboxylic acids is 1. The van der Waals surface area contributed by atoms with Gasteiger partial charge in [-0.2, -0.15) is 0 Å². The van der Waals surface area contributed by atoms with Crippen LogP contribution in [0.3, 0.4) is 0 Å². The van der Waals surface area contributed by atoms with Gasteiger partial charge in [0.25, 0.3) is 0 Å². The van der Waals surface area contributed by atoms with Crippen molar-refractivity contribution in [2.75, 3.05) is 7.11 Å². The normalized spacial score (nSPS) is 30.6. The first-order valence-corrected chi connectivity index (χ1v) is 11.3. The van der Waals surface area contributed by atoms with Crippen molar-refractivity contribution < 1.29 is 19.7 Å². The van der Waals surface area contributed by atoms with Crippen LogP contribution >= 0.6 is 11.6 Å². The summed E-state index contributed by atoms with van der Waals surface area (Å²) in [6, 6.07) is 0. The Labute approximate surface area is 175 Å². The van der Waals surface area contributed by atoms with Crippen LogP contribution in [0.2, 0.25) is 0 Å². The monoisotopic (exact) mass is 412 g/mol. The molecule has 0 spiro atoms. The molecular weight excluding hydrogens is 376 g/mol. The molecule has 0 radical (unpaired) electrons. The van der Waals surface area contributed by atoms with E-state index in [0.29, 0.717) is 19.3 Å². The van der Waals surface area contributed by atoms with E-state index in [1.165, 1.54) is 13.5 Å². The topological polar surface area (TPSA) is 66.8 Å². The summed E-state index contributed by atoms with van der Waals surface area (Å²) in [5.41, 5.74) is 0.111. The van der Waals surface area contributed by atoms with Crippen molar-refractivity contribution in [3.8, 4) is 0 Å². The molecule has 0 saturated heterocycles. The van der Waals surface area contributed by atoms with Crippen molar-refractivity contribution in [1.82, 2.24) is 0 Å². The third kappa shape index (κ3) is 6.08. The SMILES string of the molecule is CCC1(C(O)C/C=C/[C@@H]2[C@@H](C/C=C\CCCC(=O)OC)[C@H](Cl)C[C@H]2O)CCC1. The highest BCUT2D eigenvalue weighted by Crippen LogP contribution is 2.48. The van der Waals surface area contributed by atoms with E-state index in [1.54, 1.807) is 0 Å². The van der Waals surface area contributed by atoms with E-state index in [1.807, 2.05) is 0 Å². The summed E-state index contributed by atoms with van der Waals surface area (Å²) in [5, 5.41) is 20.9. The number of rotatable bonds is 11. The van der Waals surface area contributed by atoms with E-state index < -0.39 is 6.10 Å². The van der Waals surface area contributed by atoms with Crippen LogP contribution in [0, 0.1) is 17.3 Å². The first kappa shape index (κ1) is 23.4. The van der Waals surface area contributed by atoms with E-state index in [2.05, 4.69) is 36.0 Å². The number of carbonyl (C=O) groups is 1. The van der Waals surface area contributed by atoms with Gasteiger partial charge in [0, 0.05) is 17.7 Å². The Morgan fingerprint density at radius 3 is 2.68 bits per heavy atom. The molecule has 0 aliphatic heterocycles. The summed E-state index contributed by atoms with van der Waals surface area (Å²) in [6.07, 6.45) is 16.3. The van der Waals surface area contributed by atoms with Crippen molar-refractivity contribution in [2.24, 2.45) is 17.3 Å². The van der Waals surface area contributed by atoms with Gasteiger partial charge in [0.05, 0.1) is 19.3 Å². The fourth-order valence-electron chi connectivity index (χ4n) is 4.67. The smallest absolute Gasteiger partial charge is 0.305 e. The average molecular weight is 413 g/mol. The lowest BCUT2D eigenvalue weighted by Gasteiger charge is -2.45. The van der Waals surface area contributed by atoms with Crippen LogP contribution in [-0.4, -0.2) is 40.9 Å². The maximum atomic E-state index is 11.1. The number of alkyl halides is 1. The van der Waals surface area contributed by atoms with Crippen molar-refractivity contribution in [2.45, 2.75) is 88.7 Å². The van der Waals surface area contributed by atoms with Crippen LogP contribution in [0.4, 0.5) is 0 Å². The predicted molar refractivity (Wildman–Crippen MR) is 113 cm³/mol. The molecule has 2 aliphatic rings. The van der Waals surface area contributed by atoms with Crippen molar-refractivity contribution in [3.63, 3.8) is 0 Å². The van der Waals surface area contributed by atoms with Gasteiger partial charge in [-0.05, 0) is 62.7 Å². The summed E-state index contributed by atoms with van der Waals surface area (Å²) < 4.78 is 4.64. The Balaban J connectivity index is 1.81. The highest BCUT2D eigenvalue weighted by Gasteiger charge is 2.42. The molecule has 0 aromatic heterocycles. The number of hydrogen-bond acceptors (Lipinski definition) is 4. The van der Waals surface area contributed by atoms with Crippen molar-refractivity contribution in [3.05, 3.63) is 24.3 Å². The summed E-state index contributed by atoms with van der Waals surface area (Å²) in [6.45, 7) is 2.17. The average Bonchev–Trinajstić information content (AvgIpc) is 2.90. The molecule has 2 fully saturated rings. The Kier molecular flexibility index (Phi) is 9.52. The van der Waals surface area contributed by atoms with Gasteiger partial charge in [0.1, 0.15) is 0 Å². The lowest BCUT2D eigenvalue weighted by Crippen LogP contribution is -2.40. The zero-order valence-corrected chi connectivity index (χ0v) is 18.1. The van der Waals surface area contributed by atoms with Gasteiger partial charge in [-0.15, -0.1) is 11.6 Å². The third-order valence-electron chi connectivity index (χ3n) is 6.90. The quantitative estimate of drug-likeness (QED) is 0.222. The molecule has 5 heteroatoms. The summed E-state index contributed by atoms with van der Waals surface area (Å²) >= 11 is 6.50. The minimum atomic E-state index is -0.419. The molecule has 5 atom stereocenters. The Bertz CT molecular complexity index is 535. The molecule has 0 bridgehead atoms. The lowest BCUT2D eigenvalue weighted by molar-refractivity contribution is -0.140. The number of aliphatic hydroxyl groups is 2. The van der Waals surface area contributed by atoms with E-state index in [-0.39, 0.29) is 34.7 Å². The van der Waals surface area contributed by atoms with Gasteiger partial charge in [-0.25, -0.2) is 0 Å². The molecular formula is C23H37ClO4. The number of aliphatic hydroxyl groups excluding tert-OH is 2. The number of unbranched alkanes of at least 4 members (excludes halogenated alkanes) is 1. The van der Waals surface area contributed by atoms with Crippen LogP contribution in [0.25, 0.3) is 0 Å². The van der Waals surface area contributed by atoms with Gasteiger partial charge in [-0.1, -0.05) is 37.6 Å². The number of methoxy groups -OCH3 is 1. The van der Waals surface area contributed by atoms with Crippen LogP contribution in [0.15, 0.2) is 24.3 Å². The van der Waals surface area contributed by atoms with Gasteiger partial charge in [-0.3, -0.25) is 4.79 Å². The van der Waals surface area contributed by atoms with Crippen LogP contribution < -0.4 is 0 Å². The number of allylic oxidation sites excluding steroid dienone is 2. The van der Waals surface area contributed by atoms with Gasteiger partial charge < -0.3 is 14.9 Å². The molecule has 0 aromatic rings. The molecule has 1 unspecified atom stereocenters. The molecule has 2 saturated carbocycles. The summed E-state index contributed by atoms with van der Waals surface area (Å²) in [4.78, 5) is 11.1. The third-order valence-corrected chi connectivity index (χ3v) is 7.40. The van der Waals surface area contributed by atoms with E-state index in [9.17, 15) is 15.0 Å². The predicted octanol–water partition coefficient (Wildman–Crippen LogP) is 4.77. The molecule has 0 aromatic carbocycles. The second-order valence-corrected chi connectivity index (χ2v) is 9.05. The molecule has 0 heterocycles. The molecule has 2 aliphatic carbocycles. The van der Waals surface area contributed by atoms with Crippen molar-refractivity contribution in [1.29, 1.82) is 0 Å². The van der Waals surface area contributed by atoms with E-state index in [4.69, 9.17) is 11.6 Å². The number of halogens is 1. The molecule has 2 rings (SSSR count). The number of ether oxygens (including phenoxy) is 1. The van der Waals surface area contributed by atoms with Crippen LogP contribution in [0.5, 0.6) is 0 Å². The zero-order valence-electron chi connectivity index (χ0n) is 17.4. The van der Waals surface area contributed by atoms with Crippen molar-refractivity contribution >= 4 is 17.6 Å². The van der Waals surface area contributed by atoms with E-state index in [0.717, 1.165) is 38.5 Å². The fraction of sp³-hybridized carbons (Fsp3) is 0.783. The Morgan fingerprint density at radius 1 is 1.32 bits per heavy atom. The Hall–Kier alpha value is -0.840. The lowest BCUT2D eigenvalue weighted by atomic mass is 9.63. The largest absolute Gasteiger partial charge is 0.469 e. The van der Waals surface area contributed by atoms with Gasteiger partial charge in [0.2, 0.25) is 0 Å². The minimum absolute atomic E-state index is 0.0355. The maximum absolute atomic E-state index is 11.1. The molecule has 28 heavy (non-hydrogen) atoms. The first-order valence-electron chi connectivity index (χ1n) is 10.8. The minimum Gasteiger partial charge on any atom is -0.469 e. The molecule has 0 amide bonds. The van der Waals surface area contributed by atoms with Gasteiger partial charge >= 0.3 is 5.97 Å². The number of esters is 1. The second-order valence-electron chi connectivity index (χ2n) is 8.48. The van der Waals surface area contributed by atoms with Crippen LogP contribution in [-0.2, 0) is 9.53 Å². The Morgan fingerprint density at radius 2 is 2.07 bits per heavy atom. The standard InChI is InChI=1S/C23H37ClO4/c1-3-23(14-9-15-23)21(26)12-8-11-18-17(19(24)16-20(18)25)10-6-4-5-7-13-22(27)28-2/h4,6,8,11,17-21,25-26H,3,5,7,9-10,12-16H2,1-2H3/b6-4-,11-8+/t17-,18-,19-,20-,21?/m1/s1. The molecule has 160 valence electrons. The summed E-state index contributed by atoms with van der Waals surface area (Å²) in [7, 11) is 1.41.